The molecule has 0 saturated heterocycles. The van der Waals surface area contributed by atoms with Crippen molar-refractivity contribution in [3.05, 3.63) is 68.2 Å². The van der Waals surface area contributed by atoms with E-state index in [1.54, 1.807) is 0 Å². The molecule has 0 unspecified atom stereocenters. The molecule has 1 aliphatic carbocycles. The number of carbonyl (C=O) groups is 2. The quantitative estimate of drug-likeness (QED) is 0.374. The molecule has 1 aromatic carbocycles. The first-order valence-electron chi connectivity index (χ1n) is 11.3. The highest BCUT2D eigenvalue weighted by molar-refractivity contribution is 7.14. The third kappa shape index (κ3) is 4.29. The second kappa shape index (κ2) is 8.71. The van der Waals surface area contributed by atoms with Crippen LogP contribution in [0, 0.1) is 19.8 Å². The van der Waals surface area contributed by atoms with Gasteiger partial charge >= 0.3 is 5.97 Å². The highest BCUT2D eigenvalue weighted by Crippen LogP contribution is 2.34. The van der Waals surface area contributed by atoms with Gasteiger partial charge in [0.2, 0.25) is 12.6 Å². The summed E-state index contributed by atoms with van der Waals surface area (Å²) < 4.78 is 18.3. The Morgan fingerprint density at radius 2 is 1.97 bits per heavy atom. The van der Waals surface area contributed by atoms with E-state index in [4.69, 9.17) is 14.2 Å². The number of ketones is 1. The summed E-state index contributed by atoms with van der Waals surface area (Å²) >= 11 is 1.50. The number of esters is 1. The molecule has 0 spiro atoms. The Morgan fingerprint density at radius 3 is 2.82 bits per heavy atom. The molecular formula is C26H27NO5S. The molecule has 2 aromatic heterocycles. The summed E-state index contributed by atoms with van der Waals surface area (Å²) in [6, 6.07) is 9.67. The van der Waals surface area contributed by atoms with Crippen molar-refractivity contribution in [2.75, 3.05) is 13.4 Å². The van der Waals surface area contributed by atoms with Gasteiger partial charge in [-0.25, -0.2) is 4.79 Å². The van der Waals surface area contributed by atoms with Gasteiger partial charge in [-0.2, -0.15) is 0 Å². The largest absolute Gasteiger partial charge is 0.454 e. The van der Waals surface area contributed by atoms with Gasteiger partial charge in [0.25, 0.3) is 0 Å². The number of hydrogen-bond acceptors (Lipinski definition) is 6. The van der Waals surface area contributed by atoms with Gasteiger partial charge in [0.15, 0.2) is 18.1 Å². The molecule has 2 aliphatic rings. The first-order chi connectivity index (χ1) is 15.9. The third-order valence-electron chi connectivity index (χ3n) is 6.52. The second-order valence-corrected chi connectivity index (χ2v) is 10.1. The fourth-order valence-electron chi connectivity index (χ4n) is 4.63. The van der Waals surface area contributed by atoms with Crippen molar-refractivity contribution < 1.29 is 23.8 Å². The molecule has 3 heterocycles. The van der Waals surface area contributed by atoms with Crippen LogP contribution in [0.3, 0.4) is 0 Å². The fraction of sp³-hybridized carbons (Fsp3) is 0.385. The monoisotopic (exact) mass is 465 g/mol. The highest BCUT2D eigenvalue weighted by Gasteiger charge is 2.23. The maximum absolute atomic E-state index is 12.9. The van der Waals surface area contributed by atoms with E-state index in [2.05, 4.69) is 11.5 Å². The van der Waals surface area contributed by atoms with Crippen LogP contribution in [-0.2, 0) is 24.1 Å². The minimum atomic E-state index is -0.412. The Labute approximate surface area is 197 Å². The summed E-state index contributed by atoms with van der Waals surface area (Å²) in [7, 11) is 0. The van der Waals surface area contributed by atoms with E-state index in [0.717, 1.165) is 47.7 Å². The van der Waals surface area contributed by atoms with Crippen LogP contribution >= 0.6 is 11.3 Å². The minimum Gasteiger partial charge on any atom is -0.454 e. The number of carbonyl (C=O) groups excluding carboxylic acids is 2. The Bertz CT molecular complexity index is 1240. The normalized spacial score (nSPS) is 16.5. The van der Waals surface area contributed by atoms with Gasteiger partial charge < -0.3 is 18.8 Å². The van der Waals surface area contributed by atoms with Crippen molar-refractivity contribution in [2.24, 2.45) is 5.92 Å². The zero-order chi connectivity index (χ0) is 23.1. The van der Waals surface area contributed by atoms with Gasteiger partial charge in [-0.05, 0) is 74.4 Å². The van der Waals surface area contributed by atoms with Crippen LogP contribution in [0.1, 0.15) is 60.8 Å². The molecule has 0 bridgehead atoms. The summed E-state index contributed by atoms with van der Waals surface area (Å²) in [5, 5.41) is 0. The number of aromatic nitrogens is 1. The smallest absolute Gasteiger partial charge is 0.348 e. The zero-order valence-electron chi connectivity index (χ0n) is 19.1. The van der Waals surface area contributed by atoms with Crippen molar-refractivity contribution in [2.45, 2.75) is 46.6 Å². The van der Waals surface area contributed by atoms with E-state index in [1.807, 2.05) is 44.2 Å². The van der Waals surface area contributed by atoms with Gasteiger partial charge in [0.1, 0.15) is 4.88 Å². The average molecular weight is 466 g/mol. The molecule has 172 valence electrons. The predicted molar refractivity (Wildman–Crippen MR) is 126 cm³/mol. The van der Waals surface area contributed by atoms with Crippen LogP contribution in [-0.4, -0.2) is 29.7 Å². The first kappa shape index (κ1) is 21.8. The lowest BCUT2D eigenvalue weighted by molar-refractivity contribution is 0.0479. The van der Waals surface area contributed by atoms with Gasteiger partial charge in [-0.1, -0.05) is 13.0 Å². The van der Waals surface area contributed by atoms with E-state index >= 15 is 0 Å². The van der Waals surface area contributed by atoms with Gasteiger partial charge in [0.05, 0.1) is 0 Å². The third-order valence-corrected chi connectivity index (χ3v) is 7.73. The van der Waals surface area contributed by atoms with Gasteiger partial charge in [0, 0.05) is 28.4 Å². The maximum atomic E-state index is 12.9. The lowest BCUT2D eigenvalue weighted by Crippen LogP contribution is -2.14. The fourth-order valence-corrected chi connectivity index (χ4v) is 5.74. The van der Waals surface area contributed by atoms with E-state index in [0.29, 0.717) is 22.9 Å². The molecule has 5 rings (SSSR count). The molecule has 0 fully saturated rings. The maximum Gasteiger partial charge on any atom is 0.348 e. The summed E-state index contributed by atoms with van der Waals surface area (Å²) in [5.74, 6) is 1.53. The topological polar surface area (TPSA) is 66.8 Å². The number of benzene rings is 1. The molecule has 0 saturated carbocycles. The van der Waals surface area contributed by atoms with Crippen molar-refractivity contribution in [1.82, 2.24) is 4.57 Å². The molecule has 1 aliphatic heterocycles. The predicted octanol–water partition coefficient (Wildman–Crippen LogP) is 5.11. The standard InChI is InChI=1S/C26H27NO5S/c1-15-4-7-24-19(8-15)11-25(33-24)26(29)30-13-21(28)20-9-16(2)27(17(20)3)12-18-5-6-22-23(10-18)32-14-31-22/h5-6,9-11,15H,4,7-8,12-14H2,1-3H3/t15-/m0/s1. The number of hydrogen-bond donors (Lipinski definition) is 0. The number of ether oxygens (including phenoxy) is 3. The van der Waals surface area contributed by atoms with Crippen LogP contribution in [0.15, 0.2) is 30.3 Å². The first-order valence-corrected chi connectivity index (χ1v) is 12.1. The summed E-state index contributed by atoms with van der Waals surface area (Å²) in [4.78, 5) is 27.3. The molecule has 6 nitrogen and oxygen atoms in total. The lowest BCUT2D eigenvalue weighted by atomic mass is 9.90. The lowest BCUT2D eigenvalue weighted by Gasteiger charge is -2.16. The Kier molecular flexibility index (Phi) is 5.74. The molecule has 0 amide bonds. The number of rotatable bonds is 6. The van der Waals surface area contributed by atoms with Crippen molar-refractivity contribution >= 4 is 23.1 Å². The van der Waals surface area contributed by atoms with Gasteiger partial charge in [-0.3, -0.25) is 4.79 Å². The Balaban J connectivity index is 1.25. The summed E-state index contributed by atoms with van der Waals surface area (Å²) in [5.41, 5.74) is 4.72. The number of fused-ring (bicyclic) bond motifs is 2. The average Bonchev–Trinajstić information content (AvgIpc) is 3.50. The van der Waals surface area contributed by atoms with Crippen molar-refractivity contribution in [1.29, 1.82) is 0 Å². The molecule has 1 atom stereocenters. The van der Waals surface area contributed by atoms with Crippen LogP contribution in [0.5, 0.6) is 11.5 Å². The van der Waals surface area contributed by atoms with Gasteiger partial charge in [-0.15, -0.1) is 11.3 Å². The van der Waals surface area contributed by atoms with Crippen LogP contribution in [0.25, 0.3) is 0 Å². The second-order valence-electron chi connectivity index (χ2n) is 8.96. The molecule has 3 aromatic rings. The highest BCUT2D eigenvalue weighted by atomic mass is 32.1. The van der Waals surface area contributed by atoms with Crippen molar-refractivity contribution in [3.63, 3.8) is 0 Å². The van der Waals surface area contributed by atoms with Crippen LogP contribution in [0.2, 0.25) is 0 Å². The summed E-state index contributed by atoms with van der Waals surface area (Å²) in [6.45, 7) is 6.72. The summed E-state index contributed by atoms with van der Waals surface area (Å²) in [6.07, 6.45) is 3.18. The Morgan fingerprint density at radius 1 is 1.15 bits per heavy atom. The minimum absolute atomic E-state index is 0.191. The van der Waals surface area contributed by atoms with E-state index in [-0.39, 0.29) is 19.2 Å². The zero-order valence-corrected chi connectivity index (χ0v) is 19.9. The molecule has 0 radical (unpaired) electrons. The number of nitrogens with zero attached hydrogens (tertiary/aromatic N) is 1. The van der Waals surface area contributed by atoms with Crippen molar-refractivity contribution in [3.8, 4) is 11.5 Å². The SMILES string of the molecule is Cc1cc(C(=O)COC(=O)c2cc3c(s2)CC[C@H](C)C3)c(C)n1Cc1ccc2c(c1)OCO2. The Hall–Kier alpha value is -3.06. The number of aryl methyl sites for hydroxylation is 2. The van der Waals surface area contributed by atoms with E-state index in [9.17, 15) is 9.59 Å². The van der Waals surface area contributed by atoms with E-state index in [1.165, 1.54) is 21.8 Å². The molecule has 0 N–H and O–H groups in total. The number of thiophene rings is 1. The molecular weight excluding hydrogens is 438 g/mol. The molecule has 7 heteroatoms. The van der Waals surface area contributed by atoms with Crippen LogP contribution in [0.4, 0.5) is 0 Å². The number of Topliss-reactive ketones (excluding diaryl/α,β-unsaturated/α-hetero) is 1. The van der Waals surface area contributed by atoms with Crippen LogP contribution < -0.4 is 9.47 Å². The van der Waals surface area contributed by atoms with E-state index < -0.39 is 5.97 Å². The molecule has 33 heavy (non-hydrogen) atoms.